The Morgan fingerprint density at radius 2 is 2.08 bits per heavy atom. The number of hydrogen-bond donors (Lipinski definition) is 2. The van der Waals surface area contributed by atoms with Crippen molar-refractivity contribution >= 4 is 11.9 Å². The Morgan fingerprint density at radius 3 is 2.68 bits per heavy atom. The van der Waals surface area contributed by atoms with Gasteiger partial charge in [-0.25, -0.2) is 0 Å². The molecule has 1 aromatic rings. The SMILES string of the molecule is Cc1nn(CCO)cc1CN1CCC2(CC1)[C@@H](C(=O)O)CC(=O)N2C. The smallest absolute Gasteiger partial charge is 0.309 e. The van der Waals surface area contributed by atoms with E-state index in [1.54, 1.807) is 16.6 Å². The highest BCUT2D eigenvalue weighted by Crippen LogP contribution is 2.43. The summed E-state index contributed by atoms with van der Waals surface area (Å²) < 4.78 is 1.75. The number of carbonyl (C=O) groups excluding carboxylic acids is 1. The molecule has 1 atom stereocenters. The van der Waals surface area contributed by atoms with Crippen molar-refractivity contribution in [3.05, 3.63) is 17.5 Å². The Morgan fingerprint density at radius 1 is 1.40 bits per heavy atom. The molecule has 1 spiro atoms. The van der Waals surface area contributed by atoms with Crippen LogP contribution in [-0.4, -0.2) is 74.0 Å². The summed E-state index contributed by atoms with van der Waals surface area (Å²) in [7, 11) is 1.74. The number of amides is 1. The van der Waals surface area contributed by atoms with E-state index in [1.165, 1.54) is 0 Å². The molecule has 3 rings (SSSR count). The van der Waals surface area contributed by atoms with Crippen LogP contribution in [0.1, 0.15) is 30.5 Å². The van der Waals surface area contributed by atoms with E-state index < -0.39 is 17.4 Å². The molecule has 25 heavy (non-hydrogen) atoms. The standard InChI is InChI=1S/C17H26N4O4/c1-12-13(11-21(18-12)7-8-22)10-20-5-3-17(4-6-20)14(16(24)25)9-15(23)19(17)2/h11,14,22H,3-10H2,1-2H3,(H,24,25)/t14-/m1/s1. The van der Waals surface area contributed by atoms with Gasteiger partial charge in [0.05, 0.1) is 30.3 Å². The third-order valence-corrected chi connectivity index (χ3v) is 5.86. The highest BCUT2D eigenvalue weighted by molar-refractivity contribution is 5.88. The lowest BCUT2D eigenvalue weighted by Gasteiger charge is -2.45. The van der Waals surface area contributed by atoms with Gasteiger partial charge in [-0.15, -0.1) is 0 Å². The zero-order valence-electron chi connectivity index (χ0n) is 14.8. The van der Waals surface area contributed by atoms with Crippen molar-refractivity contribution in [2.24, 2.45) is 5.92 Å². The van der Waals surface area contributed by atoms with Gasteiger partial charge in [-0.2, -0.15) is 5.10 Å². The van der Waals surface area contributed by atoms with Gasteiger partial charge in [0.2, 0.25) is 5.91 Å². The monoisotopic (exact) mass is 350 g/mol. The van der Waals surface area contributed by atoms with Gasteiger partial charge >= 0.3 is 5.97 Å². The number of carboxylic acids is 1. The summed E-state index contributed by atoms with van der Waals surface area (Å²) in [5, 5.41) is 23.0. The molecule has 138 valence electrons. The highest BCUT2D eigenvalue weighted by Gasteiger charge is 2.55. The number of hydrogen-bond acceptors (Lipinski definition) is 5. The van der Waals surface area contributed by atoms with Gasteiger partial charge in [-0.05, 0) is 19.8 Å². The lowest BCUT2D eigenvalue weighted by molar-refractivity contribution is -0.146. The number of carbonyl (C=O) groups is 2. The van der Waals surface area contributed by atoms with E-state index in [4.69, 9.17) is 5.11 Å². The maximum atomic E-state index is 12.1. The molecule has 2 aliphatic rings. The van der Waals surface area contributed by atoms with E-state index in [0.717, 1.165) is 30.9 Å². The molecule has 0 unspecified atom stereocenters. The number of aliphatic carboxylic acids is 1. The minimum absolute atomic E-state index is 0.0593. The predicted octanol–water partition coefficient (Wildman–Crippen LogP) is 0.0813. The molecule has 3 heterocycles. The fraction of sp³-hybridized carbons (Fsp3) is 0.706. The molecular weight excluding hydrogens is 324 g/mol. The summed E-state index contributed by atoms with van der Waals surface area (Å²) in [5.41, 5.74) is 1.52. The van der Waals surface area contributed by atoms with Gasteiger partial charge in [0.15, 0.2) is 0 Å². The van der Waals surface area contributed by atoms with Crippen LogP contribution in [0.5, 0.6) is 0 Å². The Bertz CT molecular complexity index is 664. The quantitative estimate of drug-likeness (QED) is 0.780. The number of piperidine rings is 1. The molecule has 0 aliphatic carbocycles. The van der Waals surface area contributed by atoms with E-state index in [1.807, 2.05) is 13.1 Å². The van der Waals surface area contributed by atoms with Crippen LogP contribution in [0.25, 0.3) is 0 Å². The van der Waals surface area contributed by atoms with E-state index in [2.05, 4.69) is 10.00 Å². The first kappa shape index (κ1) is 17.9. The summed E-state index contributed by atoms with van der Waals surface area (Å²) >= 11 is 0. The third kappa shape index (κ3) is 3.16. The lowest BCUT2D eigenvalue weighted by Crippen LogP contribution is -2.55. The predicted molar refractivity (Wildman–Crippen MR) is 89.8 cm³/mol. The molecule has 2 saturated heterocycles. The largest absolute Gasteiger partial charge is 0.481 e. The molecule has 1 amide bonds. The number of aliphatic hydroxyl groups excluding tert-OH is 1. The van der Waals surface area contributed by atoms with Crippen LogP contribution in [0.4, 0.5) is 0 Å². The van der Waals surface area contributed by atoms with Crippen LogP contribution < -0.4 is 0 Å². The third-order valence-electron chi connectivity index (χ3n) is 5.86. The Hall–Kier alpha value is -1.93. The van der Waals surface area contributed by atoms with Gasteiger partial charge in [-0.1, -0.05) is 0 Å². The summed E-state index contributed by atoms with van der Waals surface area (Å²) in [6, 6.07) is 0. The molecule has 0 aromatic carbocycles. The van der Waals surface area contributed by atoms with Crippen molar-refractivity contribution in [3.8, 4) is 0 Å². The van der Waals surface area contributed by atoms with Gasteiger partial charge in [-0.3, -0.25) is 19.2 Å². The fourth-order valence-corrected chi connectivity index (χ4v) is 4.26. The molecule has 2 N–H and O–H groups in total. The van der Waals surface area contributed by atoms with E-state index in [0.29, 0.717) is 19.4 Å². The topological polar surface area (TPSA) is 98.9 Å². The first-order valence-electron chi connectivity index (χ1n) is 8.73. The van der Waals surface area contributed by atoms with Crippen molar-refractivity contribution in [2.45, 2.75) is 44.8 Å². The zero-order chi connectivity index (χ0) is 18.2. The van der Waals surface area contributed by atoms with Gasteiger partial charge in [0.25, 0.3) is 0 Å². The number of aryl methyl sites for hydroxylation is 1. The average Bonchev–Trinajstić information content (AvgIpc) is 3.03. The van der Waals surface area contributed by atoms with Crippen molar-refractivity contribution in [3.63, 3.8) is 0 Å². The van der Waals surface area contributed by atoms with Gasteiger partial charge < -0.3 is 15.1 Å². The van der Waals surface area contributed by atoms with Crippen LogP contribution in [0.3, 0.4) is 0 Å². The first-order chi connectivity index (χ1) is 11.9. The number of aromatic nitrogens is 2. The van der Waals surface area contributed by atoms with Crippen molar-refractivity contribution < 1.29 is 19.8 Å². The summed E-state index contributed by atoms with van der Waals surface area (Å²) in [6.07, 6.45) is 3.42. The van der Waals surface area contributed by atoms with Crippen LogP contribution in [0.15, 0.2) is 6.20 Å². The van der Waals surface area contributed by atoms with Crippen LogP contribution in [0.2, 0.25) is 0 Å². The number of aliphatic hydroxyl groups is 1. The van der Waals surface area contributed by atoms with E-state index in [-0.39, 0.29) is 18.9 Å². The number of carboxylic acid groups (broad SMARTS) is 1. The number of rotatable bonds is 5. The Labute approximate surface area is 147 Å². The fourth-order valence-electron chi connectivity index (χ4n) is 4.26. The second-order valence-corrected chi connectivity index (χ2v) is 7.15. The maximum absolute atomic E-state index is 12.1. The minimum Gasteiger partial charge on any atom is -0.481 e. The molecule has 1 aromatic heterocycles. The minimum atomic E-state index is -0.868. The van der Waals surface area contributed by atoms with Crippen molar-refractivity contribution in [2.75, 3.05) is 26.7 Å². The lowest BCUT2D eigenvalue weighted by atomic mass is 9.77. The number of likely N-dealkylation sites (tertiary alicyclic amines) is 2. The second kappa shape index (κ2) is 6.76. The summed E-state index contributed by atoms with van der Waals surface area (Å²) in [5.74, 6) is -1.55. The van der Waals surface area contributed by atoms with Crippen LogP contribution in [-0.2, 0) is 22.7 Å². The van der Waals surface area contributed by atoms with Crippen molar-refractivity contribution in [1.82, 2.24) is 19.6 Å². The first-order valence-corrected chi connectivity index (χ1v) is 8.73. The summed E-state index contributed by atoms with van der Waals surface area (Å²) in [6.45, 7) is 4.76. The molecule has 0 bridgehead atoms. The maximum Gasteiger partial charge on any atom is 0.309 e. The van der Waals surface area contributed by atoms with Crippen LogP contribution in [0, 0.1) is 12.8 Å². The van der Waals surface area contributed by atoms with E-state index in [9.17, 15) is 14.7 Å². The van der Waals surface area contributed by atoms with Crippen LogP contribution >= 0.6 is 0 Å². The molecule has 8 heteroatoms. The second-order valence-electron chi connectivity index (χ2n) is 7.15. The summed E-state index contributed by atoms with van der Waals surface area (Å²) in [4.78, 5) is 27.6. The molecular formula is C17H26N4O4. The molecule has 2 aliphatic heterocycles. The average molecular weight is 350 g/mol. The molecule has 0 saturated carbocycles. The number of nitrogens with zero attached hydrogens (tertiary/aromatic N) is 4. The van der Waals surface area contributed by atoms with E-state index >= 15 is 0 Å². The Balaban J connectivity index is 1.67. The molecule has 0 radical (unpaired) electrons. The zero-order valence-corrected chi connectivity index (χ0v) is 14.8. The molecule has 2 fully saturated rings. The normalized spacial score (nSPS) is 23.6. The van der Waals surface area contributed by atoms with Gasteiger partial charge in [0, 0.05) is 44.9 Å². The van der Waals surface area contributed by atoms with Gasteiger partial charge in [0.1, 0.15) is 0 Å². The molecule has 8 nitrogen and oxygen atoms in total. The van der Waals surface area contributed by atoms with Crippen molar-refractivity contribution in [1.29, 1.82) is 0 Å². The highest BCUT2D eigenvalue weighted by atomic mass is 16.4. The Kier molecular flexibility index (Phi) is 4.83.